The van der Waals surface area contributed by atoms with Crippen molar-refractivity contribution in [3.8, 4) is 0 Å². The summed E-state index contributed by atoms with van der Waals surface area (Å²) < 4.78 is 9.98. The number of carbonyl (C=O) groups is 1. The van der Waals surface area contributed by atoms with Crippen molar-refractivity contribution in [1.29, 1.82) is 0 Å². The number of hydrogen-bond acceptors (Lipinski definition) is 6. The maximum Gasteiger partial charge on any atom is 0.251 e. The molecule has 1 aliphatic rings. The van der Waals surface area contributed by atoms with E-state index in [1.54, 1.807) is 13.3 Å². The fourth-order valence-corrected chi connectivity index (χ4v) is 2.06. The Morgan fingerprint density at radius 2 is 2.19 bits per heavy atom. The lowest BCUT2D eigenvalue weighted by Crippen LogP contribution is -2.43. The van der Waals surface area contributed by atoms with E-state index < -0.39 is 0 Å². The van der Waals surface area contributed by atoms with Crippen LogP contribution in [0.15, 0.2) is 18.3 Å². The van der Waals surface area contributed by atoms with Gasteiger partial charge in [-0.25, -0.2) is 4.98 Å². The highest BCUT2D eigenvalue weighted by Gasteiger charge is 2.11. The van der Waals surface area contributed by atoms with Gasteiger partial charge in [-0.1, -0.05) is 0 Å². The van der Waals surface area contributed by atoms with Crippen LogP contribution in [0.5, 0.6) is 0 Å². The number of anilines is 2. The van der Waals surface area contributed by atoms with Crippen molar-refractivity contribution < 1.29 is 14.3 Å². The molecule has 7 nitrogen and oxygen atoms in total. The minimum atomic E-state index is -0.214. The van der Waals surface area contributed by atoms with Crippen LogP contribution >= 0.6 is 0 Å². The highest BCUT2D eigenvalue weighted by molar-refractivity contribution is 5.90. The zero-order valence-electron chi connectivity index (χ0n) is 12.3. The predicted octanol–water partition coefficient (Wildman–Crippen LogP) is 0.0927. The normalized spacial score (nSPS) is 15.0. The molecule has 1 fully saturated rings. The molecule has 0 spiro atoms. The lowest BCUT2D eigenvalue weighted by molar-refractivity contribution is -0.121. The number of ether oxygens (including phenoxy) is 2. The van der Waals surface area contributed by atoms with Crippen molar-refractivity contribution in [2.24, 2.45) is 0 Å². The molecule has 0 aliphatic carbocycles. The van der Waals surface area contributed by atoms with Crippen LogP contribution in [0.4, 0.5) is 11.5 Å². The summed E-state index contributed by atoms with van der Waals surface area (Å²) in [5, 5.41) is 6.01. The highest BCUT2D eigenvalue weighted by atomic mass is 16.5. The van der Waals surface area contributed by atoms with Gasteiger partial charge in [0.25, 0.3) is 5.91 Å². The maximum atomic E-state index is 11.6. The van der Waals surface area contributed by atoms with Crippen LogP contribution in [0.25, 0.3) is 0 Å². The van der Waals surface area contributed by atoms with Crippen LogP contribution in [0, 0.1) is 0 Å². The minimum absolute atomic E-state index is 0.00455. The smallest absolute Gasteiger partial charge is 0.251 e. The molecular weight excluding hydrogens is 272 g/mol. The second-order valence-corrected chi connectivity index (χ2v) is 4.73. The molecule has 116 valence electrons. The van der Waals surface area contributed by atoms with Gasteiger partial charge in [-0.05, 0) is 12.1 Å². The first-order valence-electron chi connectivity index (χ1n) is 7.08. The van der Waals surface area contributed by atoms with E-state index in [1.807, 2.05) is 12.1 Å². The van der Waals surface area contributed by atoms with Gasteiger partial charge in [-0.3, -0.25) is 4.79 Å². The highest BCUT2D eigenvalue weighted by Crippen LogP contribution is 2.15. The second-order valence-electron chi connectivity index (χ2n) is 4.73. The average molecular weight is 294 g/mol. The molecule has 2 rings (SSSR count). The molecule has 7 heteroatoms. The van der Waals surface area contributed by atoms with Crippen molar-refractivity contribution in [3.05, 3.63) is 18.3 Å². The van der Waals surface area contributed by atoms with Crippen molar-refractivity contribution in [3.63, 3.8) is 0 Å². The number of nitrogens with zero attached hydrogens (tertiary/aromatic N) is 2. The Kier molecular flexibility index (Phi) is 6.39. The van der Waals surface area contributed by atoms with Gasteiger partial charge >= 0.3 is 0 Å². The molecule has 0 bridgehead atoms. The first-order valence-corrected chi connectivity index (χ1v) is 7.08. The monoisotopic (exact) mass is 294 g/mol. The van der Waals surface area contributed by atoms with Gasteiger partial charge in [0.15, 0.2) is 0 Å². The zero-order valence-corrected chi connectivity index (χ0v) is 12.3. The summed E-state index contributed by atoms with van der Waals surface area (Å²) in [6.07, 6.45) is 1.78. The maximum absolute atomic E-state index is 11.6. The fourth-order valence-electron chi connectivity index (χ4n) is 2.06. The molecule has 21 heavy (non-hydrogen) atoms. The van der Waals surface area contributed by atoms with Gasteiger partial charge in [-0.15, -0.1) is 0 Å². The average Bonchev–Trinajstić information content (AvgIpc) is 2.53. The van der Waals surface area contributed by atoms with E-state index in [2.05, 4.69) is 20.5 Å². The van der Waals surface area contributed by atoms with Crippen molar-refractivity contribution in [2.45, 2.75) is 0 Å². The Balaban J connectivity index is 1.77. The number of rotatable bonds is 7. The van der Waals surface area contributed by atoms with Gasteiger partial charge in [0.2, 0.25) is 0 Å². The molecule has 1 aliphatic heterocycles. The Morgan fingerprint density at radius 1 is 1.38 bits per heavy atom. The number of carbonyl (C=O) groups excluding carboxylic acids is 1. The standard InChI is InChI=1S/C14H22N4O3/c1-20-8-9-21-11-14(19)17-13-3-2-12(10-16-13)18-6-4-15-5-7-18/h2-3,10,15H,4-9,11H2,1H3,(H,16,17,19). The molecule has 1 saturated heterocycles. The minimum Gasteiger partial charge on any atom is -0.382 e. The van der Waals surface area contributed by atoms with Gasteiger partial charge in [-0.2, -0.15) is 0 Å². The number of aromatic nitrogens is 1. The fraction of sp³-hybridized carbons (Fsp3) is 0.571. The summed E-state index contributed by atoms with van der Waals surface area (Å²) in [7, 11) is 1.59. The van der Waals surface area contributed by atoms with E-state index in [0.717, 1.165) is 31.9 Å². The molecule has 1 aromatic heterocycles. The first-order chi connectivity index (χ1) is 10.3. The van der Waals surface area contributed by atoms with Crippen LogP contribution in [0.1, 0.15) is 0 Å². The summed E-state index contributed by atoms with van der Waals surface area (Å²) in [6.45, 7) is 4.80. The second kappa shape index (κ2) is 8.56. The van der Waals surface area contributed by atoms with Gasteiger partial charge in [0, 0.05) is 33.3 Å². The Bertz CT molecular complexity index is 432. The van der Waals surface area contributed by atoms with Crippen LogP contribution in [-0.2, 0) is 14.3 Å². The lowest BCUT2D eigenvalue weighted by atomic mass is 10.3. The molecular formula is C14H22N4O3. The Morgan fingerprint density at radius 3 is 2.86 bits per heavy atom. The number of pyridine rings is 1. The van der Waals surface area contributed by atoms with E-state index in [-0.39, 0.29) is 12.5 Å². The summed E-state index contributed by atoms with van der Waals surface area (Å²) in [5.41, 5.74) is 1.07. The van der Waals surface area contributed by atoms with Crippen molar-refractivity contribution in [1.82, 2.24) is 10.3 Å². The van der Waals surface area contributed by atoms with Crippen LogP contribution in [0.2, 0.25) is 0 Å². The number of amides is 1. The number of methoxy groups -OCH3 is 1. The third kappa shape index (κ3) is 5.30. The molecule has 0 aromatic carbocycles. The van der Waals surface area contributed by atoms with Gasteiger partial charge in [0.05, 0.1) is 25.1 Å². The number of nitrogens with one attached hydrogen (secondary N) is 2. The quantitative estimate of drug-likeness (QED) is 0.694. The summed E-state index contributed by atoms with van der Waals surface area (Å²) in [4.78, 5) is 18.2. The summed E-state index contributed by atoms with van der Waals surface area (Å²) in [5.74, 6) is 0.322. The third-order valence-electron chi connectivity index (χ3n) is 3.16. The molecule has 0 unspecified atom stereocenters. The van der Waals surface area contributed by atoms with Crippen LogP contribution < -0.4 is 15.5 Å². The van der Waals surface area contributed by atoms with Crippen LogP contribution in [-0.4, -0.2) is 64.0 Å². The molecule has 1 amide bonds. The number of piperazine rings is 1. The molecule has 0 atom stereocenters. The van der Waals surface area contributed by atoms with Gasteiger partial charge in [0.1, 0.15) is 12.4 Å². The van der Waals surface area contributed by atoms with Crippen molar-refractivity contribution >= 4 is 17.4 Å². The van der Waals surface area contributed by atoms with Gasteiger partial charge < -0.3 is 25.0 Å². The summed E-state index contributed by atoms with van der Waals surface area (Å²) in [6, 6.07) is 3.78. The first kappa shape index (κ1) is 15.7. The molecule has 0 radical (unpaired) electrons. The molecule has 1 aromatic rings. The molecule has 2 N–H and O–H groups in total. The van der Waals surface area contributed by atoms with E-state index in [1.165, 1.54) is 0 Å². The Labute approximate surface area is 124 Å². The summed E-state index contributed by atoms with van der Waals surface area (Å²) >= 11 is 0. The third-order valence-corrected chi connectivity index (χ3v) is 3.16. The van der Waals surface area contributed by atoms with E-state index in [9.17, 15) is 4.79 Å². The largest absolute Gasteiger partial charge is 0.382 e. The predicted molar refractivity (Wildman–Crippen MR) is 80.6 cm³/mol. The topological polar surface area (TPSA) is 75.7 Å². The van der Waals surface area contributed by atoms with E-state index >= 15 is 0 Å². The van der Waals surface area contributed by atoms with E-state index in [4.69, 9.17) is 9.47 Å². The number of hydrogen-bond donors (Lipinski definition) is 2. The molecule has 2 heterocycles. The van der Waals surface area contributed by atoms with Crippen LogP contribution in [0.3, 0.4) is 0 Å². The lowest BCUT2D eigenvalue weighted by Gasteiger charge is -2.29. The Hall–Kier alpha value is -1.70. The van der Waals surface area contributed by atoms with Crippen molar-refractivity contribution in [2.75, 3.05) is 63.3 Å². The SMILES string of the molecule is COCCOCC(=O)Nc1ccc(N2CCNCC2)cn1. The molecule has 0 saturated carbocycles. The van der Waals surface area contributed by atoms with E-state index in [0.29, 0.717) is 19.0 Å². The zero-order chi connectivity index (χ0) is 14.9.